The molecule has 6 heteroatoms. The number of thiocarbonyl (C=S) groups is 1. The Morgan fingerprint density at radius 1 is 1.44 bits per heavy atom. The molecule has 1 aliphatic heterocycles. The molecule has 5 nitrogen and oxygen atoms in total. The zero-order chi connectivity index (χ0) is 13.1. The highest BCUT2D eigenvalue weighted by Gasteiger charge is 2.26. The highest BCUT2D eigenvalue weighted by Crippen LogP contribution is 2.27. The van der Waals surface area contributed by atoms with Crippen LogP contribution in [0.15, 0.2) is 24.3 Å². The van der Waals surface area contributed by atoms with Gasteiger partial charge < -0.3 is 5.73 Å². The Labute approximate surface area is 111 Å². The quantitative estimate of drug-likeness (QED) is 0.512. The van der Waals surface area contributed by atoms with Gasteiger partial charge in [0.25, 0.3) is 5.69 Å². The second-order valence-electron chi connectivity index (χ2n) is 4.40. The Bertz CT molecular complexity index is 472. The number of nitro groups is 1. The number of hydrogen-bond acceptors (Lipinski definition) is 4. The first-order chi connectivity index (χ1) is 8.59. The molecule has 1 saturated heterocycles. The molecule has 0 aromatic heterocycles. The smallest absolute Gasteiger partial charge is 0.269 e. The molecule has 96 valence electrons. The normalized spacial score (nSPS) is 17.6. The minimum absolute atomic E-state index is 0.0768. The third kappa shape index (κ3) is 2.65. The van der Waals surface area contributed by atoms with Gasteiger partial charge in [-0.05, 0) is 31.5 Å². The van der Waals surface area contributed by atoms with Crippen molar-refractivity contribution in [2.24, 2.45) is 5.73 Å². The van der Waals surface area contributed by atoms with Crippen LogP contribution >= 0.6 is 12.2 Å². The number of rotatable bonds is 4. The van der Waals surface area contributed by atoms with E-state index in [2.05, 4.69) is 4.90 Å². The fourth-order valence-corrected chi connectivity index (χ4v) is 2.65. The number of benzene rings is 1. The van der Waals surface area contributed by atoms with Gasteiger partial charge in [-0.15, -0.1) is 0 Å². The average molecular weight is 265 g/mol. The Kier molecular flexibility index (Phi) is 3.88. The van der Waals surface area contributed by atoms with Crippen LogP contribution in [0.25, 0.3) is 0 Å². The molecule has 0 aliphatic carbocycles. The van der Waals surface area contributed by atoms with Gasteiger partial charge in [0.05, 0.1) is 16.0 Å². The number of non-ortho nitro benzene ring substituents is 1. The monoisotopic (exact) mass is 265 g/mol. The average Bonchev–Trinajstić information content (AvgIpc) is 2.82. The van der Waals surface area contributed by atoms with Gasteiger partial charge in [0.2, 0.25) is 0 Å². The van der Waals surface area contributed by atoms with Crippen LogP contribution in [-0.2, 0) is 0 Å². The van der Waals surface area contributed by atoms with Gasteiger partial charge in [-0.3, -0.25) is 15.0 Å². The Morgan fingerprint density at radius 3 is 2.67 bits per heavy atom. The van der Waals surface area contributed by atoms with Crippen LogP contribution in [0, 0.1) is 10.1 Å². The lowest BCUT2D eigenvalue weighted by molar-refractivity contribution is -0.384. The molecule has 1 aromatic carbocycles. The zero-order valence-corrected chi connectivity index (χ0v) is 10.7. The van der Waals surface area contributed by atoms with E-state index in [0.717, 1.165) is 31.5 Å². The van der Waals surface area contributed by atoms with E-state index in [4.69, 9.17) is 18.0 Å². The van der Waals surface area contributed by atoms with Crippen molar-refractivity contribution in [1.82, 2.24) is 4.90 Å². The highest BCUT2D eigenvalue weighted by atomic mass is 32.1. The summed E-state index contributed by atoms with van der Waals surface area (Å²) in [5, 5.41) is 10.8. The molecule has 1 heterocycles. The van der Waals surface area contributed by atoms with Crippen LogP contribution in [-0.4, -0.2) is 27.9 Å². The summed E-state index contributed by atoms with van der Waals surface area (Å²) in [7, 11) is 0. The third-order valence-electron chi connectivity index (χ3n) is 3.17. The van der Waals surface area contributed by atoms with E-state index in [9.17, 15) is 10.1 Å². The molecule has 1 aromatic rings. The summed E-state index contributed by atoms with van der Waals surface area (Å²) in [6.07, 6.45) is 2.24. The predicted octanol–water partition coefficient (Wildman–Crippen LogP) is 2.02. The topological polar surface area (TPSA) is 72.4 Å². The molecule has 0 spiro atoms. The maximum atomic E-state index is 10.8. The molecule has 1 fully saturated rings. The van der Waals surface area contributed by atoms with Gasteiger partial charge in [0.15, 0.2) is 0 Å². The number of hydrogen-bond donors (Lipinski definition) is 1. The lowest BCUT2D eigenvalue weighted by Gasteiger charge is -2.26. The summed E-state index contributed by atoms with van der Waals surface area (Å²) >= 11 is 5.11. The van der Waals surface area contributed by atoms with E-state index in [1.165, 1.54) is 6.07 Å². The summed E-state index contributed by atoms with van der Waals surface area (Å²) in [4.78, 5) is 13.0. The van der Waals surface area contributed by atoms with Gasteiger partial charge in [-0.25, -0.2) is 0 Å². The minimum Gasteiger partial charge on any atom is -0.392 e. The standard InChI is InChI=1S/C12H15N3O2S/c13-12(18)11(14-6-1-2-7-14)9-4-3-5-10(8-9)15(16)17/h3-5,8,11H,1-2,6-7H2,(H2,13,18). The molecule has 0 saturated carbocycles. The van der Waals surface area contributed by atoms with E-state index < -0.39 is 4.92 Å². The van der Waals surface area contributed by atoms with Crippen molar-refractivity contribution in [2.75, 3.05) is 13.1 Å². The van der Waals surface area contributed by atoms with Crippen molar-refractivity contribution in [2.45, 2.75) is 18.9 Å². The summed E-state index contributed by atoms with van der Waals surface area (Å²) in [6.45, 7) is 1.87. The second-order valence-corrected chi connectivity index (χ2v) is 4.87. The molecule has 1 unspecified atom stereocenters. The van der Waals surface area contributed by atoms with Crippen molar-refractivity contribution in [1.29, 1.82) is 0 Å². The molecule has 2 rings (SSSR count). The van der Waals surface area contributed by atoms with E-state index in [0.29, 0.717) is 4.99 Å². The second kappa shape index (κ2) is 5.41. The summed E-state index contributed by atoms with van der Waals surface area (Å²) in [5.41, 5.74) is 6.68. The van der Waals surface area contributed by atoms with Gasteiger partial charge in [0.1, 0.15) is 0 Å². The van der Waals surface area contributed by atoms with Crippen LogP contribution in [0.4, 0.5) is 5.69 Å². The summed E-state index contributed by atoms with van der Waals surface area (Å²) in [5.74, 6) is 0. The van der Waals surface area contributed by atoms with E-state index >= 15 is 0 Å². The first-order valence-corrected chi connectivity index (χ1v) is 6.28. The number of nitrogens with two attached hydrogens (primary N) is 1. The van der Waals surface area contributed by atoms with Gasteiger partial charge in [-0.1, -0.05) is 24.4 Å². The van der Waals surface area contributed by atoms with Crippen molar-refractivity contribution in [3.8, 4) is 0 Å². The maximum Gasteiger partial charge on any atom is 0.269 e. The van der Waals surface area contributed by atoms with Gasteiger partial charge >= 0.3 is 0 Å². The molecule has 0 bridgehead atoms. The highest BCUT2D eigenvalue weighted by molar-refractivity contribution is 7.80. The third-order valence-corrected chi connectivity index (χ3v) is 3.40. The van der Waals surface area contributed by atoms with Crippen LogP contribution < -0.4 is 5.73 Å². The molecule has 18 heavy (non-hydrogen) atoms. The number of nitro benzene ring substituents is 1. The van der Waals surface area contributed by atoms with Crippen LogP contribution in [0.1, 0.15) is 24.4 Å². The van der Waals surface area contributed by atoms with Crippen molar-refractivity contribution >= 4 is 22.9 Å². The Balaban J connectivity index is 2.33. The van der Waals surface area contributed by atoms with Gasteiger partial charge in [-0.2, -0.15) is 0 Å². The molecule has 1 atom stereocenters. The number of nitrogens with zero attached hydrogens (tertiary/aromatic N) is 2. The molecule has 0 amide bonds. The minimum atomic E-state index is -0.399. The van der Waals surface area contributed by atoms with Crippen molar-refractivity contribution in [3.05, 3.63) is 39.9 Å². The van der Waals surface area contributed by atoms with E-state index in [-0.39, 0.29) is 11.7 Å². The largest absolute Gasteiger partial charge is 0.392 e. The van der Waals surface area contributed by atoms with Gasteiger partial charge in [0, 0.05) is 12.1 Å². The van der Waals surface area contributed by atoms with E-state index in [1.807, 2.05) is 6.07 Å². The van der Waals surface area contributed by atoms with Crippen LogP contribution in [0.5, 0.6) is 0 Å². The summed E-state index contributed by atoms with van der Waals surface area (Å²) < 4.78 is 0. The molecular weight excluding hydrogens is 250 g/mol. The fraction of sp³-hybridized carbons (Fsp3) is 0.417. The predicted molar refractivity (Wildman–Crippen MR) is 73.4 cm³/mol. The van der Waals surface area contributed by atoms with Crippen molar-refractivity contribution < 1.29 is 4.92 Å². The number of likely N-dealkylation sites (tertiary alicyclic amines) is 1. The van der Waals surface area contributed by atoms with Crippen molar-refractivity contribution in [3.63, 3.8) is 0 Å². The zero-order valence-electron chi connectivity index (χ0n) is 9.91. The first-order valence-electron chi connectivity index (χ1n) is 5.87. The molecular formula is C12H15N3O2S. The van der Waals surface area contributed by atoms with E-state index in [1.54, 1.807) is 12.1 Å². The molecule has 1 aliphatic rings. The molecule has 0 radical (unpaired) electrons. The van der Waals surface area contributed by atoms with Crippen LogP contribution in [0.2, 0.25) is 0 Å². The SMILES string of the molecule is NC(=S)C(c1cccc([N+](=O)[O-])c1)N1CCCC1. The Hall–Kier alpha value is -1.53. The molecule has 2 N–H and O–H groups in total. The first kappa shape index (κ1) is 12.9. The van der Waals surface area contributed by atoms with Crippen LogP contribution in [0.3, 0.4) is 0 Å². The fourth-order valence-electron chi connectivity index (χ4n) is 2.36. The Morgan fingerprint density at radius 2 is 2.11 bits per heavy atom. The lowest BCUT2D eigenvalue weighted by Crippen LogP contribution is -2.34. The lowest BCUT2D eigenvalue weighted by atomic mass is 10.0. The maximum absolute atomic E-state index is 10.8. The summed E-state index contributed by atoms with van der Waals surface area (Å²) in [6, 6.07) is 6.36.